The summed E-state index contributed by atoms with van der Waals surface area (Å²) in [4.78, 5) is 0. The molecule has 2 atom stereocenters. The summed E-state index contributed by atoms with van der Waals surface area (Å²) in [5.74, 6) is 0.885. The van der Waals surface area contributed by atoms with Gasteiger partial charge in [0.25, 0.3) is 0 Å². The molecule has 126 valence electrons. The summed E-state index contributed by atoms with van der Waals surface area (Å²) in [5.41, 5.74) is 1.16. The maximum atomic E-state index is 4.20. The van der Waals surface area contributed by atoms with Crippen molar-refractivity contribution >= 4 is 0 Å². The first-order valence-electron chi connectivity index (χ1n) is 8.90. The van der Waals surface area contributed by atoms with Gasteiger partial charge in [-0.3, -0.25) is 0 Å². The largest absolute Gasteiger partial charge is 0.388 e. The first-order chi connectivity index (χ1) is 10.2. The molecule has 0 aromatic carbocycles. The zero-order chi connectivity index (χ0) is 15.9. The molecule has 0 heterocycles. The van der Waals surface area contributed by atoms with Crippen molar-refractivity contribution in [2.45, 2.75) is 71.3 Å². The Morgan fingerprint density at radius 2 is 1.62 bits per heavy atom. The molecule has 0 aliphatic heterocycles. The van der Waals surface area contributed by atoms with Gasteiger partial charge in [0.05, 0.1) is 0 Å². The van der Waals surface area contributed by atoms with Crippen LogP contribution in [0.2, 0.25) is 0 Å². The highest BCUT2D eigenvalue weighted by Crippen LogP contribution is 2.13. The molecule has 0 aromatic heterocycles. The van der Waals surface area contributed by atoms with Gasteiger partial charge in [-0.25, -0.2) is 0 Å². The minimum absolute atomic E-state index is 0.404. The lowest BCUT2D eigenvalue weighted by atomic mass is 9.99. The molecule has 0 aliphatic rings. The molecule has 21 heavy (non-hydrogen) atoms. The van der Waals surface area contributed by atoms with E-state index in [1.165, 1.54) is 44.9 Å². The SMILES string of the molecule is C=C(NCCCCC(C)CCC)[C@H](CCCCNC)NC. The van der Waals surface area contributed by atoms with E-state index in [2.05, 4.69) is 36.4 Å². The highest BCUT2D eigenvalue weighted by Gasteiger charge is 2.09. The Kier molecular flexibility index (Phi) is 14.0. The van der Waals surface area contributed by atoms with Crippen molar-refractivity contribution in [1.29, 1.82) is 0 Å². The predicted octanol–water partition coefficient (Wildman–Crippen LogP) is 3.67. The smallest absolute Gasteiger partial charge is 0.0461 e. The number of rotatable bonds is 15. The van der Waals surface area contributed by atoms with Crippen molar-refractivity contribution in [1.82, 2.24) is 16.0 Å². The second-order valence-corrected chi connectivity index (χ2v) is 6.28. The summed E-state index contributed by atoms with van der Waals surface area (Å²) in [6.45, 7) is 11.0. The highest BCUT2D eigenvalue weighted by molar-refractivity contribution is 5.02. The van der Waals surface area contributed by atoms with Gasteiger partial charge in [0.2, 0.25) is 0 Å². The van der Waals surface area contributed by atoms with Crippen molar-refractivity contribution in [3.8, 4) is 0 Å². The van der Waals surface area contributed by atoms with E-state index in [0.29, 0.717) is 6.04 Å². The molecule has 3 N–H and O–H groups in total. The lowest BCUT2D eigenvalue weighted by Gasteiger charge is -2.20. The highest BCUT2D eigenvalue weighted by atomic mass is 15.0. The van der Waals surface area contributed by atoms with Gasteiger partial charge in [0, 0.05) is 18.3 Å². The summed E-state index contributed by atoms with van der Waals surface area (Å²) >= 11 is 0. The average molecular weight is 298 g/mol. The van der Waals surface area contributed by atoms with E-state index in [0.717, 1.165) is 31.1 Å². The van der Waals surface area contributed by atoms with Gasteiger partial charge < -0.3 is 16.0 Å². The van der Waals surface area contributed by atoms with Crippen LogP contribution in [-0.2, 0) is 0 Å². The maximum absolute atomic E-state index is 4.20. The molecule has 0 amide bonds. The van der Waals surface area contributed by atoms with Crippen molar-refractivity contribution in [3.63, 3.8) is 0 Å². The van der Waals surface area contributed by atoms with E-state index >= 15 is 0 Å². The summed E-state index contributed by atoms with van der Waals surface area (Å²) in [6.07, 6.45) is 10.3. The molecule has 0 aromatic rings. The Morgan fingerprint density at radius 1 is 0.952 bits per heavy atom. The van der Waals surface area contributed by atoms with Gasteiger partial charge in [-0.1, -0.05) is 52.5 Å². The van der Waals surface area contributed by atoms with Crippen LogP contribution in [0.4, 0.5) is 0 Å². The van der Waals surface area contributed by atoms with Crippen LogP contribution in [0.15, 0.2) is 12.3 Å². The van der Waals surface area contributed by atoms with Crippen LogP contribution in [0.1, 0.15) is 65.2 Å². The molecule has 3 heteroatoms. The Bertz CT molecular complexity index is 241. The summed E-state index contributed by atoms with van der Waals surface area (Å²) in [7, 11) is 4.04. The fraction of sp³-hybridized carbons (Fsp3) is 0.889. The molecule has 0 spiro atoms. The van der Waals surface area contributed by atoms with Crippen LogP contribution in [0.25, 0.3) is 0 Å². The number of unbranched alkanes of at least 4 members (excludes halogenated alkanes) is 2. The van der Waals surface area contributed by atoms with Crippen LogP contribution in [-0.4, -0.2) is 33.2 Å². The topological polar surface area (TPSA) is 36.1 Å². The second kappa shape index (κ2) is 14.4. The molecule has 0 rings (SSSR count). The minimum atomic E-state index is 0.404. The average Bonchev–Trinajstić information content (AvgIpc) is 2.47. The molecule has 1 unspecified atom stereocenters. The molecule has 0 saturated heterocycles. The van der Waals surface area contributed by atoms with Crippen LogP contribution in [0.3, 0.4) is 0 Å². The lowest BCUT2D eigenvalue weighted by Crippen LogP contribution is -2.34. The lowest BCUT2D eigenvalue weighted by molar-refractivity contribution is 0.454. The standard InChI is InChI=1S/C18H39N3/c1-6-11-16(2)12-7-10-15-21-17(3)18(20-5)13-8-9-14-19-4/h16,18-21H,3,6-15H2,1-2,4-5H3/t16?,18-/m0/s1. The first kappa shape index (κ1) is 20.5. The second-order valence-electron chi connectivity index (χ2n) is 6.28. The Balaban J connectivity index is 3.65. The van der Waals surface area contributed by atoms with E-state index in [1.807, 2.05) is 14.1 Å². The fourth-order valence-corrected chi connectivity index (χ4v) is 2.77. The van der Waals surface area contributed by atoms with E-state index in [4.69, 9.17) is 0 Å². The van der Waals surface area contributed by atoms with Gasteiger partial charge in [0.15, 0.2) is 0 Å². The molecule has 0 aliphatic carbocycles. The summed E-state index contributed by atoms with van der Waals surface area (Å²) in [6, 6.07) is 0.404. The Morgan fingerprint density at radius 3 is 2.24 bits per heavy atom. The summed E-state index contributed by atoms with van der Waals surface area (Å²) < 4.78 is 0. The zero-order valence-electron chi connectivity index (χ0n) is 14.9. The molecule has 0 radical (unpaired) electrons. The number of nitrogens with one attached hydrogen (secondary N) is 3. The molecule has 0 fully saturated rings. The van der Waals surface area contributed by atoms with E-state index in [9.17, 15) is 0 Å². The number of likely N-dealkylation sites (N-methyl/N-ethyl adjacent to an activating group) is 1. The fourth-order valence-electron chi connectivity index (χ4n) is 2.77. The van der Waals surface area contributed by atoms with Crippen molar-refractivity contribution in [2.24, 2.45) is 5.92 Å². The minimum Gasteiger partial charge on any atom is -0.388 e. The zero-order valence-corrected chi connectivity index (χ0v) is 14.9. The Hall–Kier alpha value is -0.540. The van der Waals surface area contributed by atoms with Gasteiger partial charge in [-0.2, -0.15) is 0 Å². The Labute approximate surface area is 133 Å². The molecular weight excluding hydrogens is 258 g/mol. The van der Waals surface area contributed by atoms with Gasteiger partial charge >= 0.3 is 0 Å². The van der Waals surface area contributed by atoms with Crippen LogP contribution in [0, 0.1) is 5.92 Å². The van der Waals surface area contributed by atoms with Crippen LogP contribution in [0.5, 0.6) is 0 Å². The van der Waals surface area contributed by atoms with Crippen molar-refractivity contribution < 1.29 is 0 Å². The van der Waals surface area contributed by atoms with Gasteiger partial charge in [-0.15, -0.1) is 0 Å². The van der Waals surface area contributed by atoms with Crippen molar-refractivity contribution in [3.05, 3.63) is 12.3 Å². The van der Waals surface area contributed by atoms with Crippen LogP contribution >= 0.6 is 0 Å². The molecule has 0 bridgehead atoms. The summed E-state index contributed by atoms with van der Waals surface area (Å²) in [5, 5.41) is 10.1. The van der Waals surface area contributed by atoms with Gasteiger partial charge in [-0.05, 0) is 45.8 Å². The van der Waals surface area contributed by atoms with Crippen LogP contribution < -0.4 is 16.0 Å². The van der Waals surface area contributed by atoms with Gasteiger partial charge in [0.1, 0.15) is 0 Å². The monoisotopic (exact) mass is 297 g/mol. The normalized spacial score (nSPS) is 13.9. The predicted molar refractivity (Wildman–Crippen MR) is 95.7 cm³/mol. The first-order valence-corrected chi connectivity index (χ1v) is 8.90. The third-order valence-electron chi connectivity index (χ3n) is 4.20. The number of hydrogen-bond acceptors (Lipinski definition) is 3. The third kappa shape index (κ3) is 11.8. The quantitative estimate of drug-likeness (QED) is 0.404. The van der Waals surface area contributed by atoms with E-state index in [-0.39, 0.29) is 0 Å². The maximum Gasteiger partial charge on any atom is 0.0461 e. The van der Waals surface area contributed by atoms with Crippen molar-refractivity contribution in [2.75, 3.05) is 27.2 Å². The van der Waals surface area contributed by atoms with E-state index in [1.54, 1.807) is 0 Å². The molecule has 0 saturated carbocycles. The third-order valence-corrected chi connectivity index (χ3v) is 4.20. The molecular formula is C18H39N3. The molecule has 3 nitrogen and oxygen atoms in total. The number of hydrogen-bond donors (Lipinski definition) is 3. The van der Waals surface area contributed by atoms with E-state index < -0.39 is 0 Å².